The lowest BCUT2D eigenvalue weighted by atomic mass is 10.0. The zero-order chi connectivity index (χ0) is 16.8. The van der Waals surface area contributed by atoms with Crippen molar-refractivity contribution in [3.05, 3.63) is 71.3 Å². The highest BCUT2D eigenvalue weighted by molar-refractivity contribution is 8.00. The number of hydrogen-bond donors (Lipinski definition) is 1. The molecule has 0 spiro atoms. The molecule has 1 atom stereocenters. The van der Waals surface area contributed by atoms with Gasteiger partial charge in [0.1, 0.15) is 5.25 Å². The van der Waals surface area contributed by atoms with Crippen molar-refractivity contribution in [1.29, 1.82) is 0 Å². The van der Waals surface area contributed by atoms with Crippen LogP contribution in [0.15, 0.2) is 54.6 Å². The molecule has 0 fully saturated rings. The van der Waals surface area contributed by atoms with E-state index in [1.807, 2.05) is 29.2 Å². The van der Waals surface area contributed by atoms with Crippen molar-refractivity contribution >= 4 is 30.1 Å². The first-order chi connectivity index (χ1) is 11.8. The maximum absolute atomic E-state index is 13.1. The average Bonchev–Trinajstić information content (AvgIpc) is 2.65. The second kappa shape index (κ2) is 9.85. The van der Waals surface area contributed by atoms with Crippen LogP contribution in [0.4, 0.5) is 0 Å². The molecule has 1 heterocycles. The van der Waals surface area contributed by atoms with Crippen LogP contribution in [-0.2, 0) is 17.6 Å². The van der Waals surface area contributed by atoms with Gasteiger partial charge >= 0.3 is 0 Å². The standard InChI is InChI=1S/C20H24N2OS.ClH/c21-12-14-22(13-10-16-6-2-1-3-7-16)20(23)19-18-9-5-4-8-17(18)11-15-24-19;/h1-9,19H,10-15,21H2;1H. The Balaban J connectivity index is 0.00000225. The van der Waals surface area contributed by atoms with Crippen molar-refractivity contribution in [3.8, 4) is 0 Å². The highest BCUT2D eigenvalue weighted by Crippen LogP contribution is 2.37. The number of aryl methyl sites for hydroxylation is 1. The average molecular weight is 377 g/mol. The van der Waals surface area contributed by atoms with E-state index in [4.69, 9.17) is 5.73 Å². The second-order valence-electron chi connectivity index (χ2n) is 6.05. The largest absolute Gasteiger partial charge is 0.340 e. The number of nitrogens with zero attached hydrogens (tertiary/aromatic N) is 1. The van der Waals surface area contributed by atoms with E-state index in [-0.39, 0.29) is 23.6 Å². The Hall–Kier alpha value is -1.49. The first-order valence-corrected chi connectivity index (χ1v) is 9.56. The number of hydrogen-bond acceptors (Lipinski definition) is 3. The Morgan fingerprint density at radius 2 is 1.80 bits per heavy atom. The number of nitrogens with two attached hydrogens (primary N) is 1. The van der Waals surface area contributed by atoms with Crippen LogP contribution >= 0.6 is 24.2 Å². The lowest BCUT2D eigenvalue weighted by Crippen LogP contribution is -2.40. The minimum absolute atomic E-state index is 0. The number of thioether (sulfide) groups is 1. The summed E-state index contributed by atoms with van der Waals surface area (Å²) in [6.07, 6.45) is 1.91. The zero-order valence-corrected chi connectivity index (χ0v) is 15.9. The lowest BCUT2D eigenvalue weighted by Gasteiger charge is -2.30. The third-order valence-electron chi connectivity index (χ3n) is 4.44. The van der Waals surface area contributed by atoms with E-state index in [0.717, 1.165) is 25.1 Å². The van der Waals surface area contributed by atoms with Gasteiger partial charge in [0.2, 0.25) is 5.91 Å². The number of rotatable bonds is 6. The summed E-state index contributed by atoms with van der Waals surface area (Å²) >= 11 is 1.76. The fourth-order valence-electron chi connectivity index (χ4n) is 3.16. The van der Waals surface area contributed by atoms with E-state index in [0.29, 0.717) is 13.1 Å². The molecule has 2 N–H and O–H groups in total. The van der Waals surface area contributed by atoms with Gasteiger partial charge in [0.25, 0.3) is 0 Å². The van der Waals surface area contributed by atoms with E-state index >= 15 is 0 Å². The molecule has 0 bridgehead atoms. The van der Waals surface area contributed by atoms with Crippen molar-refractivity contribution in [2.75, 3.05) is 25.4 Å². The summed E-state index contributed by atoms with van der Waals surface area (Å²) in [4.78, 5) is 15.1. The van der Waals surface area contributed by atoms with Crippen LogP contribution in [0.2, 0.25) is 0 Å². The Morgan fingerprint density at radius 3 is 2.56 bits per heavy atom. The molecule has 1 aliphatic heterocycles. The molecule has 0 saturated carbocycles. The van der Waals surface area contributed by atoms with E-state index in [9.17, 15) is 4.79 Å². The lowest BCUT2D eigenvalue weighted by molar-refractivity contribution is -0.130. The summed E-state index contributed by atoms with van der Waals surface area (Å²) in [7, 11) is 0. The van der Waals surface area contributed by atoms with Gasteiger partial charge in [-0.2, -0.15) is 0 Å². The van der Waals surface area contributed by atoms with Gasteiger partial charge in [-0.1, -0.05) is 54.6 Å². The molecule has 0 aliphatic carbocycles. The van der Waals surface area contributed by atoms with Gasteiger partial charge in [-0.25, -0.2) is 0 Å². The van der Waals surface area contributed by atoms with Crippen molar-refractivity contribution in [3.63, 3.8) is 0 Å². The molecule has 0 aromatic heterocycles. The molecule has 0 saturated heterocycles. The first-order valence-electron chi connectivity index (χ1n) is 8.52. The molecule has 2 aromatic rings. The van der Waals surface area contributed by atoms with Crippen LogP contribution in [0.5, 0.6) is 0 Å². The van der Waals surface area contributed by atoms with Gasteiger partial charge in [-0.05, 0) is 35.3 Å². The summed E-state index contributed by atoms with van der Waals surface area (Å²) in [5.74, 6) is 1.20. The monoisotopic (exact) mass is 376 g/mol. The third-order valence-corrected chi connectivity index (χ3v) is 5.67. The molecule has 3 rings (SSSR count). The van der Waals surface area contributed by atoms with E-state index in [1.165, 1.54) is 16.7 Å². The van der Waals surface area contributed by atoms with Crippen LogP contribution in [0.25, 0.3) is 0 Å². The molecular formula is C20H25ClN2OS. The Labute approximate surface area is 160 Å². The van der Waals surface area contributed by atoms with E-state index in [2.05, 4.69) is 30.3 Å². The summed E-state index contributed by atoms with van der Waals surface area (Å²) in [5.41, 5.74) is 9.50. The van der Waals surface area contributed by atoms with Gasteiger partial charge in [0.15, 0.2) is 0 Å². The van der Waals surface area contributed by atoms with Gasteiger partial charge in [-0.3, -0.25) is 4.79 Å². The maximum atomic E-state index is 13.1. The van der Waals surface area contributed by atoms with Crippen LogP contribution in [0, 0.1) is 0 Å². The van der Waals surface area contributed by atoms with Crippen LogP contribution in [0.1, 0.15) is 21.9 Å². The minimum atomic E-state index is -0.0859. The highest BCUT2D eigenvalue weighted by Gasteiger charge is 2.30. The van der Waals surface area contributed by atoms with E-state index in [1.54, 1.807) is 11.8 Å². The normalized spacial score (nSPS) is 15.8. The molecule has 25 heavy (non-hydrogen) atoms. The Kier molecular flexibility index (Phi) is 7.82. The summed E-state index contributed by atoms with van der Waals surface area (Å²) in [5, 5.41) is -0.0859. The van der Waals surface area contributed by atoms with Crippen molar-refractivity contribution in [1.82, 2.24) is 4.90 Å². The van der Waals surface area contributed by atoms with Gasteiger partial charge < -0.3 is 10.6 Å². The predicted octanol–water partition coefficient (Wildman–Crippen LogP) is 3.47. The van der Waals surface area contributed by atoms with Crippen LogP contribution in [0.3, 0.4) is 0 Å². The van der Waals surface area contributed by atoms with Crippen molar-refractivity contribution < 1.29 is 4.79 Å². The minimum Gasteiger partial charge on any atom is -0.340 e. The molecular weight excluding hydrogens is 352 g/mol. The number of carbonyl (C=O) groups excluding carboxylic acids is 1. The molecule has 1 aliphatic rings. The van der Waals surface area contributed by atoms with Crippen LogP contribution in [-0.4, -0.2) is 36.2 Å². The molecule has 134 valence electrons. The van der Waals surface area contributed by atoms with Gasteiger partial charge in [0, 0.05) is 19.6 Å². The maximum Gasteiger partial charge on any atom is 0.240 e. The molecule has 3 nitrogen and oxygen atoms in total. The number of fused-ring (bicyclic) bond motifs is 1. The summed E-state index contributed by atoms with van der Waals surface area (Å²) in [6.45, 7) is 1.84. The van der Waals surface area contributed by atoms with E-state index < -0.39 is 0 Å². The SMILES string of the molecule is Cl.NCCN(CCc1ccccc1)C(=O)C1SCCc2ccccc21. The fourth-order valence-corrected chi connectivity index (χ4v) is 4.44. The topological polar surface area (TPSA) is 46.3 Å². The predicted molar refractivity (Wildman–Crippen MR) is 108 cm³/mol. The molecule has 5 heteroatoms. The third kappa shape index (κ3) is 5.00. The Bertz CT molecular complexity index is 680. The smallest absolute Gasteiger partial charge is 0.240 e. The van der Waals surface area contributed by atoms with Crippen LogP contribution < -0.4 is 5.73 Å². The molecule has 0 radical (unpaired) electrons. The fraction of sp³-hybridized carbons (Fsp3) is 0.350. The summed E-state index contributed by atoms with van der Waals surface area (Å²) < 4.78 is 0. The Morgan fingerprint density at radius 1 is 1.08 bits per heavy atom. The number of carbonyl (C=O) groups is 1. The summed E-state index contributed by atoms with van der Waals surface area (Å²) in [6, 6.07) is 18.6. The first kappa shape index (κ1) is 19.8. The number of halogens is 1. The highest BCUT2D eigenvalue weighted by atomic mass is 35.5. The number of benzene rings is 2. The van der Waals surface area contributed by atoms with Gasteiger partial charge in [0.05, 0.1) is 0 Å². The zero-order valence-electron chi connectivity index (χ0n) is 14.3. The quantitative estimate of drug-likeness (QED) is 0.839. The number of amides is 1. The van der Waals surface area contributed by atoms with Crippen molar-refractivity contribution in [2.45, 2.75) is 18.1 Å². The molecule has 1 amide bonds. The van der Waals surface area contributed by atoms with Gasteiger partial charge in [-0.15, -0.1) is 24.2 Å². The second-order valence-corrected chi connectivity index (χ2v) is 7.26. The molecule has 2 aromatic carbocycles. The van der Waals surface area contributed by atoms with Crippen molar-refractivity contribution in [2.24, 2.45) is 5.73 Å². The molecule has 1 unspecified atom stereocenters.